The number of aromatic nitrogens is 3. The molecule has 29 heavy (non-hydrogen) atoms. The zero-order chi connectivity index (χ0) is 20.5. The Morgan fingerprint density at radius 1 is 0.966 bits per heavy atom. The van der Waals surface area contributed by atoms with Gasteiger partial charge in [-0.15, -0.1) is 0 Å². The highest BCUT2D eigenvalue weighted by molar-refractivity contribution is 5.75. The molecule has 2 aromatic carbocycles. The topological polar surface area (TPSA) is 61.0 Å². The summed E-state index contributed by atoms with van der Waals surface area (Å²) in [4.78, 5) is 13.2. The predicted octanol–water partition coefficient (Wildman–Crippen LogP) is 5.92. The highest BCUT2D eigenvalue weighted by atomic mass is 19.1. The zero-order valence-electron chi connectivity index (χ0n) is 16.3. The molecule has 0 aliphatic rings. The molecule has 5 nitrogen and oxygen atoms in total. The van der Waals surface area contributed by atoms with Gasteiger partial charge in [0.2, 0.25) is 5.89 Å². The van der Waals surface area contributed by atoms with Gasteiger partial charge >= 0.3 is 6.01 Å². The Hall–Kier alpha value is -3.35. The molecule has 0 saturated heterocycles. The largest absolute Gasteiger partial charge is 0.421 e. The minimum Gasteiger partial charge on any atom is -0.421 e. The first kappa shape index (κ1) is 19.0. The van der Waals surface area contributed by atoms with Gasteiger partial charge in [-0.25, -0.2) is 13.8 Å². The number of benzene rings is 2. The van der Waals surface area contributed by atoms with E-state index in [4.69, 9.17) is 9.15 Å². The van der Waals surface area contributed by atoms with Crippen molar-refractivity contribution in [2.24, 2.45) is 0 Å². The second kappa shape index (κ2) is 7.58. The summed E-state index contributed by atoms with van der Waals surface area (Å²) in [7, 11) is 0. The van der Waals surface area contributed by atoms with Crippen molar-refractivity contribution in [3.8, 4) is 23.2 Å². The average Bonchev–Trinajstić information content (AvgIpc) is 3.09. The van der Waals surface area contributed by atoms with Crippen molar-refractivity contribution in [3.05, 3.63) is 64.9 Å². The number of hydrogen-bond donors (Lipinski definition) is 0. The van der Waals surface area contributed by atoms with E-state index in [1.54, 1.807) is 0 Å². The number of ether oxygens (including phenoxy) is 1. The van der Waals surface area contributed by atoms with E-state index in [0.717, 1.165) is 41.3 Å². The SMILES string of the molecule is CCCc1nc(Oc2cc(F)ccc2F)nc2oc(-c3cc(C)cc(C)c3)nc12. The van der Waals surface area contributed by atoms with Crippen molar-refractivity contribution in [1.82, 2.24) is 15.0 Å². The third kappa shape index (κ3) is 3.94. The van der Waals surface area contributed by atoms with Crippen LogP contribution in [0.3, 0.4) is 0 Å². The summed E-state index contributed by atoms with van der Waals surface area (Å²) in [5.74, 6) is -1.19. The fourth-order valence-electron chi connectivity index (χ4n) is 3.19. The minimum absolute atomic E-state index is 0.117. The van der Waals surface area contributed by atoms with Crippen molar-refractivity contribution in [1.29, 1.82) is 0 Å². The van der Waals surface area contributed by atoms with Gasteiger partial charge in [0, 0.05) is 11.6 Å². The van der Waals surface area contributed by atoms with Crippen LogP contribution in [0.1, 0.15) is 30.2 Å². The van der Waals surface area contributed by atoms with Crippen molar-refractivity contribution in [2.45, 2.75) is 33.6 Å². The van der Waals surface area contributed by atoms with Gasteiger partial charge in [-0.05, 0) is 44.5 Å². The molecule has 2 aromatic heterocycles. The van der Waals surface area contributed by atoms with E-state index in [2.05, 4.69) is 21.0 Å². The number of aryl methyl sites for hydroxylation is 3. The molecular weight excluding hydrogens is 376 g/mol. The highest BCUT2D eigenvalue weighted by Crippen LogP contribution is 2.30. The van der Waals surface area contributed by atoms with Crippen LogP contribution in [0.15, 0.2) is 40.8 Å². The minimum atomic E-state index is -0.708. The number of hydrogen-bond acceptors (Lipinski definition) is 5. The van der Waals surface area contributed by atoms with E-state index in [9.17, 15) is 8.78 Å². The van der Waals surface area contributed by atoms with Crippen molar-refractivity contribution in [2.75, 3.05) is 0 Å². The van der Waals surface area contributed by atoms with Crippen molar-refractivity contribution in [3.63, 3.8) is 0 Å². The van der Waals surface area contributed by atoms with E-state index in [0.29, 0.717) is 23.5 Å². The summed E-state index contributed by atoms with van der Waals surface area (Å²) in [6.45, 7) is 6.01. The molecule has 7 heteroatoms. The van der Waals surface area contributed by atoms with Crippen LogP contribution in [0.25, 0.3) is 22.7 Å². The zero-order valence-corrected chi connectivity index (χ0v) is 16.3. The summed E-state index contributed by atoms with van der Waals surface area (Å²) in [6.07, 6.45) is 1.42. The summed E-state index contributed by atoms with van der Waals surface area (Å²) in [5.41, 5.74) is 4.42. The van der Waals surface area contributed by atoms with Gasteiger partial charge in [0.05, 0.1) is 5.69 Å². The molecule has 0 unspecified atom stereocenters. The van der Waals surface area contributed by atoms with Gasteiger partial charge in [0.15, 0.2) is 17.1 Å². The second-order valence-corrected chi connectivity index (χ2v) is 6.93. The fraction of sp³-hybridized carbons (Fsp3) is 0.227. The van der Waals surface area contributed by atoms with Crippen LogP contribution < -0.4 is 4.74 Å². The van der Waals surface area contributed by atoms with Crippen LogP contribution in [0.2, 0.25) is 0 Å². The molecule has 0 aliphatic heterocycles. The highest BCUT2D eigenvalue weighted by Gasteiger charge is 2.18. The fourth-order valence-corrected chi connectivity index (χ4v) is 3.19. The Morgan fingerprint density at radius 3 is 2.45 bits per heavy atom. The van der Waals surface area contributed by atoms with Gasteiger partial charge in [0.1, 0.15) is 5.82 Å². The smallest absolute Gasteiger partial charge is 0.325 e. The molecule has 4 aromatic rings. The molecular formula is C22H19F2N3O2. The maximum absolute atomic E-state index is 13.9. The van der Waals surface area contributed by atoms with E-state index < -0.39 is 11.6 Å². The number of halogens is 2. The predicted molar refractivity (Wildman–Crippen MR) is 105 cm³/mol. The summed E-state index contributed by atoms with van der Waals surface area (Å²) in [6, 6.07) is 8.85. The van der Waals surface area contributed by atoms with Crippen LogP contribution in [0.5, 0.6) is 11.8 Å². The third-order valence-electron chi connectivity index (χ3n) is 4.36. The first-order valence-corrected chi connectivity index (χ1v) is 9.32. The van der Waals surface area contributed by atoms with Crippen LogP contribution in [-0.4, -0.2) is 15.0 Å². The lowest BCUT2D eigenvalue weighted by molar-refractivity contribution is 0.404. The monoisotopic (exact) mass is 395 g/mol. The van der Waals surface area contributed by atoms with Gasteiger partial charge < -0.3 is 9.15 Å². The summed E-state index contributed by atoms with van der Waals surface area (Å²) in [5, 5.41) is 0. The lowest BCUT2D eigenvalue weighted by Crippen LogP contribution is -1.99. The van der Waals surface area contributed by atoms with Gasteiger partial charge in [0.25, 0.3) is 5.71 Å². The molecule has 0 bridgehead atoms. The van der Waals surface area contributed by atoms with E-state index in [-0.39, 0.29) is 17.5 Å². The third-order valence-corrected chi connectivity index (χ3v) is 4.36. The molecule has 0 N–H and O–H groups in total. The molecule has 0 saturated carbocycles. The molecule has 0 amide bonds. The van der Waals surface area contributed by atoms with Crippen LogP contribution in [-0.2, 0) is 6.42 Å². The van der Waals surface area contributed by atoms with E-state index in [1.165, 1.54) is 0 Å². The van der Waals surface area contributed by atoms with Gasteiger partial charge in [-0.2, -0.15) is 9.97 Å². The molecule has 0 aliphatic carbocycles. The summed E-state index contributed by atoms with van der Waals surface area (Å²) >= 11 is 0. The molecule has 2 heterocycles. The molecule has 0 radical (unpaired) electrons. The molecule has 0 spiro atoms. The van der Waals surface area contributed by atoms with E-state index >= 15 is 0 Å². The molecule has 0 atom stereocenters. The number of oxazole rings is 1. The number of rotatable bonds is 5. The van der Waals surface area contributed by atoms with Crippen molar-refractivity contribution < 1.29 is 17.9 Å². The molecule has 4 rings (SSSR count). The Labute approximate surface area is 166 Å². The normalized spacial score (nSPS) is 11.2. The molecule has 148 valence electrons. The maximum Gasteiger partial charge on any atom is 0.325 e. The first-order chi connectivity index (χ1) is 13.9. The second-order valence-electron chi connectivity index (χ2n) is 6.93. The quantitative estimate of drug-likeness (QED) is 0.419. The van der Waals surface area contributed by atoms with E-state index in [1.807, 2.05) is 32.9 Å². The van der Waals surface area contributed by atoms with Crippen LogP contribution >= 0.6 is 0 Å². The maximum atomic E-state index is 13.9. The van der Waals surface area contributed by atoms with Crippen molar-refractivity contribution >= 4 is 11.2 Å². The lowest BCUT2D eigenvalue weighted by Gasteiger charge is -2.06. The van der Waals surface area contributed by atoms with Crippen LogP contribution in [0.4, 0.5) is 8.78 Å². The Balaban J connectivity index is 1.80. The standard InChI is InChI=1S/C22H19F2N3O2/c1-4-5-17-19-21(29-20(26-19)14-9-12(2)8-13(3)10-14)27-22(25-17)28-18-11-15(23)6-7-16(18)24/h6-11H,4-5H2,1-3H3. The first-order valence-electron chi connectivity index (χ1n) is 9.32. The Kier molecular flexibility index (Phi) is 4.96. The Morgan fingerprint density at radius 2 is 1.72 bits per heavy atom. The number of fused-ring (bicyclic) bond motifs is 1. The lowest BCUT2D eigenvalue weighted by atomic mass is 10.1. The van der Waals surface area contributed by atoms with Crippen LogP contribution in [0, 0.1) is 25.5 Å². The van der Waals surface area contributed by atoms with Gasteiger partial charge in [-0.1, -0.05) is 30.5 Å². The Bertz CT molecular complexity index is 1180. The molecule has 0 fully saturated rings. The van der Waals surface area contributed by atoms with Gasteiger partial charge in [-0.3, -0.25) is 0 Å². The number of nitrogens with zero attached hydrogens (tertiary/aromatic N) is 3. The average molecular weight is 395 g/mol. The summed E-state index contributed by atoms with van der Waals surface area (Å²) < 4.78 is 38.7.